The van der Waals surface area contributed by atoms with Crippen LogP contribution < -0.4 is 15.5 Å². The maximum atomic E-state index is 13.3. The average Bonchev–Trinajstić information content (AvgIpc) is 2.93. The fraction of sp³-hybridized carbons (Fsp3) is 0.310. The molecule has 1 unspecified atom stereocenters. The molecule has 8 nitrogen and oxygen atoms in total. The zero-order valence-corrected chi connectivity index (χ0v) is 21.2. The molecule has 3 aromatic rings. The van der Waals surface area contributed by atoms with Gasteiger partial charge >= 0.3 is 0 Å². The maximum Gasteiger partial charge on any atom is 0.241 e. The number of pyridine rings is 1. The summed E-state index contributed by atoms with van der Waals surface area (Å²) in [4.78, 5) is 33.5. The van der Waals surface area contributed by atoms with Gasteiger partial charge in [-0.2, -0.15) is 5.26 Å². The van der Waals surface area contributed by atoms with Crippen LogP contribution in [0.5, 0.6) is 0 Å². The summed E-state index contributed by atoms with van der Waals surface area (Å²) in [6, 6.07) is 23.1. The van der Waals surface area contributed by atoms with Crippen LogP contribution in [0.4, 0.5) is 11.5 Å². The quantitative estimate of drug-likeness (QED) is 0.471. The molecule has 1 fully saturated rings. The lowest BCUT2D eigenvalue weighted by molar-refractivity contribution is -0.129. The Bertz CT molecular complexity index is 1240. The first kappa shape index (κ1) is 25.9. The Balaban J connectivity index is 1.38. The van der Waals surface area contributed by atoms with Crippen molar-refractivity contribution in [3.05, 3.63) is 89.6 Å². The van der Waals surface area contributed by atoms with Crippen LogP contribution in [0, 0.1) is 11.3 Å². The number of hydrogen-bond donors (Lipinski definition) is 2. The summed E-state index contributed by atoms with van der Waals surface area (Å²) in [5.74, 6) is 0.241. The monoisotopic (exact) mass is 496 g/mol. The third-order valence-electron chi connectivity index (χ3n) is 6.75. The maximum absolute atomic E-state index is 13.3. The van der Waals surface area contributed by atoms with Gasteiger partial charge in [0.2, 0.25) is 11.8 Å². The minimum Gasteiger partial charge on any atom is -0.359 e. The Morgan fingerprint density at radius 3 is 2.43 bits per heavy atom. The second kappa shape index (κ2) is 12.2. The van der Waals surface area contributed by atoms with Gasteiger partial charge in [-0.1, -0.05) is 49.4 Å². The van der Waals surface area contributed by atoms with Crippen molar-refractivity contribution in [1.82, 2.24) is 15.2 Å². The van der Waals surface area contributed by atoms with Crippen molar-refractivity contribution < 1.29 is 9.59 Å². The Labute approximate surface area is 217 Å². The summed E-state index contributed by atoms with van der Waals surface area (Å²) in [6.45, 7) is 5.03. The first-order chi connectivity index (χ1) is 17.9. The number of likely N-dealkylation sites (N-methyl/N-ethyl adjacent to an activating group) is 1. The summed E-state index contributed by atoms with van der Waals surface area (Å²) in [6.07, 6.45) is 1.70. The highest BCUT2D eigenvalue weighted by molar-refractivity contribution is 5.95. The molecule has 0 bridgehead atoms. The molecular weight excluding hydrogens is 464 g/mol. The minimum absolute atomic E-state index is 0.0790. The SMILES string of the molecule is C[C@@H](CNCC(C(=O)Nc1ccc(N2CCN(C)C(=O)C2)cn1)c1ccccc1)c1ccc(C#N)cc1. The van der Waals surface area contributed by atoms with E-state index in [1.165, 1.54) is 0 Å². The number of rotatable bonds is 9. The molecule has 190 valence electrons. The predicted molar refractivity (Wildman–Crippen MR) is 144 cm³/mol. The van der Waals surface area contributed by atoms with Gasteiger partial charge < -0.3 is 20.4 Å². The summed E-state index contributed by atoms with van der Waals surface area (Å²) in [7, 11) is 1.81. The van der Waals surface area contributed by atoms with E-state index >= 15 is 0 Å². The topological polar surface area (TPSA) is 101 Å². The number of anilines is 2. The Morgan fingerprint density at radius 2 is 1.78 bits per heavy atom. The number of aromatic nitrogens is 1. The Kier molecular flexibility index (Phi) is 8.49. The number of benzene rings is 2. The molecule has 2 atom stereocenters. The molecular formula is C29H32N6O2. The van der Waals surface area contributed by atoms with Crippen molar-refractivity contribution in [2.75, 3.05) is 50.0 Å². The molecule has 2 heterocycles. The third kappa shape index (κ3) is 6.72. The second-order valence-corrected chi connectivity index (χ2v) is 9.38. The average molecular weight is 497 g/mol. The van der Waals surface area contributed by atoms with E-state index in [0.717, 1.165) is 23.4 Å². The van der Waals surface area contributed by atoms with E-state index in [2.05, 4.69) is 28.6 Å². The second-order valence-electron chi connectivity index (χ2n) is 9.38. The van der Waals surface area contributed by atoms with Crippen molar-refractivity contribution in [1.29, 1.82) is 5.26 Å². The van der Waals surface area contributed by atoms with Crippen LogP contribution in [0.2, 0.25) is 0 Å². The van der Waals surface area contributed by atoms with E-state index in [9.17, 15) is 9.59 Å². The Morgan fingerprint density at radius 1 is 1.03 bits per heavy atom. The van der Waals surface area contributed by atoms with Crippen molar-refractivity contribution >= 4 is 23.3 Å². The van der Waals surface area contributed by atoms with Gasteiger partial charge in [0.05, 0.1) is 36.0 Å². The molecule has 4 rings (SSSR count). The minimum atomic E-state index is -0.397. The van der Waals surface area contributed by atoms with Gasteiger partial charge in [-0.3, -0.25) is 9.59 Å². The van der Waals surface area contributed by atoms with E-state index in [0.29, 0.717) is 37.6 Å². The normalized spacial score (nSPS) is 15.1. The van der Waals surface area contributed by atoms with E-state index in [1.807, 2.05) is 72.6 Å². The number of nitrogens with one attached hydrogen (secondary N) is 2. The molecule has 0 spiro atoms. The van der Waals surface area contributed by atoms with Crippen LogP contribution >= 0.6 is 0 Å². The number of amides is 2. The molecule has 1 aromatic heterocycles. The fourth-order valence-corrected chi connectivity index (χ4v) is 4.33. The molecule has 2 aromatic carbocycles. The molecule has 0 saturated carbocycles. The van der Waals surface area contributed by atoms with E-state index in [4.69, 9.17) is 5.26 Å². The molecule has 8 heteroatoms. The highest BCUT2D eigenvalue weighted by Crippen LogP contribution is 2.21. The summed E-state index contributed by atoms with van der Waals surface area (Å²) in [5.41, 5.74) is 3.56. The highest BCUT2D eigenvalue weighted by atomic mass is 16.2. The largest absolute Gasteiger partial charge is 0.359 e. The molecule has 1 saturated heterocycles. The lowest BCUT2D eigenvalue weighted by Gasteiger charge is -2.33. The number of nitriles is 1. The van der Waals surface area contributed by atoms with Gasteiger partial charge in [0.25, 0.3) is 0 Å². The first-order valence-corrected chi connectivity index (χ1v) is 12.5. The van der Waals surface area contributed by atoms with Gasteiger partial charge in [0, 0.05) is 33.2 Å². The molecule has 2 N–H and O–H groups in total. The standard InChI is InChI=1S/C29H32N6O2/c1-21(23-10-8-22(16-30)9-11-23)17-31-19-26(24-6-4-3-5-7-24)29(37)33-27-13-12-25(18-32-27)35-15-14-34(2)28(36)20-35/h3-13,18,21,26,31H,14-15,17,19-20H2,1-2H3,(H,32,33,37)/t21-,26?/m0/s1. The number of nitrogens with zero attached hydrogens (tertiary/aromatic N) is 4. The highest BCUT2D eigenvalue weighted by Gasteiger charge is 2.23. The molecule has 1 aliphatic rings. The smallest absolute Gasteiger partial charge is 0.241 e. The van der Waals surface area contributed by atoms with Crippen molar-refractivity contribution in [2.24, 2.45) is 0 Å². The van der Waals surface area contributed by atoms with E-state index in [1.54, 1.807) is 17.2 Å². The number of hydrogen-bond acceptors (Lipinski definition) is 6. The van der Waals surface area contributed by atoms with Crippen LogP contribution in [0.25, 0.3) is 0 Å². The predicted octanol–water partition coefficient (Wildman–Crippen LogP) is 3.35. The van der Waals surface area contributed by atoms with Crippen LogP contribution in [0.1, 0.15) is 35.4 Å². The van der Waals surface area contributed by atoms with E-state index in [-0.39, 0.29) is 17.7 Å². The number of carbonyl (C=O) groups is 2. The summed E-state index contributed by atoms with van der Waals surface area (Å²) in [5, 5.41) is 15.4. The molecule has 1 aliphatic heterocycles. The molecule has 2 amide bonds. The summed E-state index contributed by atoms with van der Waals surface area (Å²) >= 11 is 0. The van der Waals surface area contributed by atoms with Crippen LogP contribution in [-0.2, 0) is 9.59 Å². The molecule has 0 aliphatic carbocycles. The number of carbonyl (C=O) groups excluding carboxylic acids is 2. The first-order valence-electron chi connectivity index (χ1n) is 12.5. The van der Waals surface area contributed by atoms with Gasteiger partial charge in [0.15, 0.2) is 0 Å². The lowest BCUT2D eigenvalue weighted by atomic mass is 9.96. The Hall–Kier alpha value is -4.22. The van der Waals surface area contributed by atoms with Crippen molar-refractivity contribution in [3.8, 4) is 6.07 Å². The van der Waals surface area contributed by atoms with Gasteiger partial charge in [-0.25, -0.2) is 4.98 Å². The van der Waals surface area contributed by atoms with E-state index < -0.39 is 5.92 Å². The van der Waals surface area contributed by atoms with Gasteiger partial charge in [-0.15, -0.1) is 0 Å². The van der Waals surface area contributed by atoms with Gasteiger partial charge in [-0.05, 0) is 41.3 Å². The fourth-order valence-electron chi connectivity index (χ4n) is 4.33. The molecule has 37 heavy (non-hydrogen) atoms. The molecule has 0 radical (unpaired) electrons. The van der Waals surface area contributed by atoms with Crippen LogP contribution in [0.3, 0.4) is 0 Å². The van der Waals surface area contributed by atoms with Crippen LogP contribution in [0.15, 0.2) is 72.9 Å². The summed E-state index contributed by atoms with van der Waals surface area (Å²) < 4.78 is 0. The van der Waals surface area contributed by atoms with Crippen molar-refractivity contribution in [3.63, 3.8) is 0 Å². The van der Waals surface area contributed by atoms with Gasteiger partial charge in [0.1, 0.15) is 5.82 Å². The lowest BCUT2D eigenvalue weighted by Crippen LogP contribution is -2.48. The van der Waals surface area contributed by atoms with Crippen LogP contribution in [-0.4, -0.2) is 61.5 Å². The zero-order chi connectivity index (χ0) is 26.2. The number of piperazine rings is 1. The third-order valence-corrected chi connectivity index (χ3v) is 6.75. The van der Waals surface area contributed by atoms with Crippen molar-refractivity contribution in [2.45, 2.75) is 18.8 Å². The zero-order valence-electron chi connectivity index (χ0n) is 21.2.